The fourth-order valence-electron chi connectivity index (χ4n) is 1.42. The van der Waals surface area contributed by atoms with E-state index in [-0.39, 0.29) is 5.56 Å². The van der Waals surface area contributed by atoms with Gasteiger partial charge in [-0.2, -0.15) is 22.0 Å². The molecule has 1 aromatic carbocycles. The molecule has 0 aromatic heterocycles. The summed E-state index contributed by atoms with van der Waals surface area (Å²) in [7, 11) is 0. The molecule has 0 aliphatic carbocycles. The van der Waals surface area contributed by atoms with Crippen molar-refractivity contribution in [3.05, 3.63) is 33.3 Å². The maximum absolute atomic E-state index is 13.2. The summed E-state index contributed by atoms with van der Waals surface area (Å²) >= 11 is 5.66. The highest BCUT2D eigenvalue weighted by Gasteiger charge is 2.62. The summed E-state index contributed by atoms with van der Waals surface area (Å²) in [6.07, 6.45) is -5.59. The van der Waals surface area contributed by atoms with Crippen molar-refractivity contribution in [1.29, 1.82) is 0 Å². The van der Waals surface area contributed by atoms with Gasteiger partial charge in [0.05, 0.1) is 0 Å². The molecule has 0 fully saturated rings. The lowest BCUT2D eigenvalue weighted by molar-refractivity contribution is -0.281. The smallest absolute Gasteiger partial charge is 0.195 e. The van der Waals surface area contributed by atoms with Crippen LogP contribution in [-0.4, -0.2) is 12.1 Å². The van der Waals surface area contributed by atoms with Crippen molar-refractivity contribution in [3.63, 3.8) is 0 Å². The molecular formula is C11H9Br2F5. The molecular weight excluding hydrogens is 387 g/mol. The molecule has 0 radical (unpaired) electrons. The second-order valence-electron chi connectivity index (χ2n) is 3.94. The van der Waals surface area contributed by atoms with Crippen LogP contribution < -0.4 is 0 Å². The molecule has 0 N–H and O–H groups in total. The maximum atomic E-state index is 13.2. The topological polar surface area (TPSA) is 0 Å². The van der Waals surface area contributed by atoms with Crippen LogP contribution in [0.15, 0.2) is 16.6 Å². The first-order chi connectivity index (χ1) is 7.98. The Morgan fingerprint density at radius 2 is 1.50 bits per heavy atom. The van der Waals surface area contributed by atoms with Crippen LogP contribution in [0.1, 0.15) is 21.5 Å². The first kappa shape index (κ1) is 15.9. The highest BCUT2D eigenvalue weighted by molar-refractivity contribution is 9.10. The number of rotatable bonds is 2. The Hall–Kier alpha value is -0.170. The molecule has 1 atom stereocenters. The van der Waals surface area contributed by atoms with Crippen molar-refractivity contribution in [2.75, 3.05) is 0 Å². The Balaban J connectivity index is 3.27. The van der Waals surface area contributed by atoms with Crippen LogP contribution in [0.3, 0.4) is 0 Å². The van der Waals surface area contributed by atoms with Crippen LogP contribution in [0.2, 0.25) is 0 Å². The quantitative estimate of drug-likeness (QED) is 0.445. The molecule has 0 bridgehead atoms. The average Bonchev–Trinajstić information content (AvgIpc) is 2.20. The largest absolute Gasteiger partial charge is 0.454 e. The fraction of sp³-hybridized carbons (Fsp3) is 0.455. The van der Waals surface area contributed by atoms with Gasteiger partial charge < -0.3 is 0 Å². The minimum atomic E-state index is -5.59. The third kappa shape index (κ3) is 2.87. The van der Waals surface area contributed by atoms with Crippen molar-refractivity contribution >= 4 is 31.9 Å². The molecule has 0 heterocycles. The summed E-state index contributed by atoms with van der Waals surface area (Å²) in [6, 6.07) is 2.84. The Kier molecular flexibility index (Phi) is 4.48. The van der Waals surface area contributed by atoms with Gasteiger partial charge in [-0.1, -0.05) is 37.9 Å². The first-order valence-corrected chi connectivity index (χ1v) is 6.54. The normalized spacial score (nSPS) is 14.7. The van der Waals surface area contributed by atoms with Gasteiger partial charge in [-0.3, -0.25) is 0 Å². The van der Waals surface area contributed by atoms with E-state index in [1.54, 1.807) is 6.92 Å². The molecule has 0 aliphatic heterocycles. The van der Waals surface area contributed by atoms with E-state index in [1.165, 1.54) is 19.1 Å². The van der Waals surface area contributed by atoms with Crippen LogP contribution in [0, 0.1) is 13.8 Å². The first-order valence-electron chi connectivity index (χ1n) is 4.83. The van der Waals surface area contributed by atoms with Crippen LogP contribution in [0.25, 0.3) is 0 Å². The summed E-state index contributed by atoms with van der Waals surface area (Å²) in [6.45, 7) is 3.11. The van der Waals surface area contributed by atoms with Gasteiger partial charge in [0.25, 0.3) is 0 Å². The van der Waals surface area contributed by atoms with E-state index in [1.807, 2.05) is 0 Å². The number of benzene rings is 1. The van der Waals surface area contributed by atoms with Crippen LogP contribution in [0.5, 0.6) is 0 Å². The molecule has 18 heavy (non-hydrogen) atoms. The Bertz CT molecular complexity index is 453. The standard InChI is InChI=1S/C11H9Br2F5/c1-5-4-8(12)6(2)3-7(5)9(13)10(14,15)11(16,17)18/h3-4,9H,1-2H3. The van der Waals surface area contributed by atoms with Gasteiger partial charge in [-0.25, -0.2) is 0 Å². The third-order valence-corrected chi connectivity index (χ3v) is 4.44. The number of hydrogen-bond donors (Lipinski definition) is 0. The van der Waals surface area contributed by atoms with Crippen molar-refractivity contribution in [2.45, 2.75) is 30.8 Å². The van der Waals surface area contributed by atoms with E-state index in [0.717, 1.165) is 0 Å². The van der Waals surface area contributed by atoms with Gasteiger partial charge in [0.1, 0.15) is 4.83 Å². The second-order valence-corrected chi connectivity index (χ2v) is 5.71. The highest BCUT2D eigenvalue weighted by atomic mass is 79.9. The highest BCUT2D eigenvalue weighted by Crippen LogP contribution is 2.49. The van der Waals surface area contributed by atoms with E-state index in [0.29, 0.717) is 15.6 Å². The Morgan fingerprint density at radius 1 is 1.00 bits per heavy atom. The predicted molar refractivity (Wildman–Crippen MR) is 66.3 cm³/mol. The van der Waals surface area contributed by atoms with Gasteiger partial charge in [-0.05, 0) is 36.6 Å². The number of halogens is 7. The molecule has 0 saturated carbocycles. The lowest BCUT2D eigenvalue weighted by Crippen LogP contribution is -2.40. The molecule has 0 amide bonds. The van der Waals surface area contributed by atoms with Gasteiger partial charge >= 0.3 is 12.1 Å². The van der Waals surface area contributed by atoms with Gasteiger partial charge in [0.15, 0.2) is 0 Å². The number of hydrogen-bond acceptors (Lipinski definition) is 0. The van der Waals surface area contributed by atoms with Crippen molar-refractivity contribution in [2.24, 2.45) is 0 Å². The van der Waals surface area contributed by atoms with Crippen molar-refractivity contribution in [1.82, 2.24) is 0 Å². The second kappa shape index (κ2) is 5.07. The molecule has 0 spiro atoms. The zero-order valence-corrected chi connectivity index (χ0v) is 12.5. The summed E-state index contributed by atoms with van der Waals surface area (Å²) in [5, 5.41) is 0. The molecule has 1 unspecified atom stereocenters. The number of alkyl halides is 6. The molecule has 1 aromatic rings. The van der Waals surface area contributed by atoms with Gasteiger partial charge in [-0.15, -0.1) is 0 Å². The number of aryl methyl sites for hydroxylation is 2. The Morgan fingerprint density at radius 3 is 1.94 bits per heavy atom. The summed E-state index contributed by atoms with van der Waals surface area (Å²) in [5.74, 6) is -4.82. The van der Waals surface area contributed by atoms with Gasteiger partial charge in [0, 0.05) is 4.47 Å². The van der Waals surface area contributed by atoms with Crippen LogP contribution >= 0.6 is 31.9 Å². The monoisotopic (exact) mass is 394 g/mol. The molecule has 7 heteroatoms. The molecule has 102 valence electrons. The van der Waals surface area contributed by atoms with E-state index in [2.05, 4.69) is 31.9 Å². The molecule has 1 rings (SSSR count). The zero-order chi connectivity index (χ0) is 14.3. The summed E-state index contributed by atoms with van der Waals surface area (Å²) < 4.78 is 64.0. The predicted octanol–water partition coefficient (Wildman–Crippen LogP) is 5.70. The van der Waals surface area contributed by atoms with Crippen LogP contribution in [-0.2, 0) is 0 Å². The van der Waals surface area contributed by atoms with E-state index >= 15 is 0 Å². The lowest BCUT2D eigenvalue weighted by atomic mass is 9.99. The van der Waals surface area contributed by atoms with E-state index in [4.69, 9.17) is 0 Å². The molecule has 0 nitrogen and oxygen atoms in total. The van der Waals surface area contributed by atoms with Crippen molar-refractivity contribution in [3.8, 4) is 0 Å². The van der Waals surface area contributed by atoms with E-state index in [9.17, 15) is 22.0 Å². The zero-order valence-electron chi connectivity index (χ0n) is 9.38. The molecule has 0 saturated heterocycles. The Labute approximate surface area is 118 Å². The summed E-state index contributed by atoms with van der Waals surface area (Å²) in [4.78, 5) is -2.10. The van der Waals surface area contributed by atoms with Crippen LogP contribution in [0.4, 0.5) is 22.0 Å². The lowest BCUT2D eigenvalue weighted by Gasteiger charge is -2.26. The van der Waals surface area contributed by atoms with Crippen molar-refractivity contribution < 1.29 is 22.0 Å². The van der Waals surface area contributed by atoms with E-state index < -0.39 is 16.9 Å². The maximum Gasteiger partial charge on any atom is 0.454 e. The summed E-state index contributed by atoms with van der Waals surface area (Å²) in [5.41, 5.74) is 0.884. The van der Waals surface area contributed by atoms with Gasteiger partial charge in [0.2, 0.25) is 0 Å². The average molecular weight is 396 g/mol. The minimum Gasteiger partial charge on any atom is -0.195 e. The minimum absolute atomic E-state index is 0.0713. The fourth-order valence-corrected chi connectivity index (χ4v) is 2.63. The third-order valence-electron chi connectivity index (χ3n) is 2.52. The molecule has 0 aliphatic rings. The SMILES string of the molecule is Cc1cc(C(Br)C(F)(F)C(F)(F)F)c(C)cc1Br.